The number of alkyl halides is 3. The van der Waals surface area contributed by atoms with E-state index in [0.717, 1.165) is 69.5 Å². The highest BCUT2D eigenvalue weighted by Gasteiger charge is 2.32. The van der Waals surface area contributed by atoms with E-state index in [2.05, 4.69) is 4.90 Å². The lowest BCUT2D eigenvalue weighted by Crippen LogP contribution is -2.43. The summed E-state index contributed by atoms with van der Waals surface area (Å²) in [6.07, 6.45) is -0.769. The Balaban J connectivity index is 1.49. The summed E-state index contributed by atoms with van der Waals surface area (Å²) in [7, 11) is 0. The molecule has 2 aliphatic rings. The van der Waals surface area contributed by atoms with Gasteiger partial charge in [0.05, 0.1) is 12.2 Å². The van der Waals surface area contributed by atoms with E-state index in [1.54, 1.807) is 11.0 Å². The molecule has 3 rings (SSSR count). The first-order valence-corrected chi connectivity index (χ1v) is 10.6. The smallest absolute Gasteiger partial charge is 0.416 e. The van der Waals surface area contributed by atoms with E-state index >= 15 is 0 Å². The summed E-state index contributed by atoms with van der Waals surface area (Å²) in [4.78, 5) is 16.0. The normalized spacial score (nSPS) is 20.1. The topological polar surface area (TPSA) is 32.8 Å². The van der Waals surface area contributed by atoms with Gasteiger partial charge in [0.1, 0.15) is 0 Å². The maximum Gasteiger partial charge on any atom is 0.416 e. The molecule has 1 aromatic carbocycles. The number of carbonyl (C=O) groups excluding carboxylic acids is 1. The number of hydrogen-bond acceptors (Lipinski definition) is 3. The van der Waals surface area contributed by atoms with Gasteiger partial charge in [0.25, 0.3) is 0 Å². The van der Waals surface area contributed by atoms with Gasteiger partial charge in [-0.2, -0.15) is 13.2 Å². The maximum absolute atomic E-state index is 13.1. The second-order valence-electron chi connectivity index (χ2n) is 8.27. The highest BCUT2D eigenvalue weighted by molar-refractivity contribution is 5.67. The van der Waals surface area contributed by atoms with Crippen molar-refractivity contribution in [3.63, 3.8) is 0 Å². The Labute approximate surface area is 171 Å². The number of hydrogen-bond donors (Lipinski definition) is 0. The summed E-state index contributed by atoms with van der Waals surface area (Å²) in [5, 5.41) is 0. The molecule has 1 aromatic rings. The Bertz CT molecular complexity index is 692. The molecule has 7 heteroatoms. The molecule has 4 nitrogen and oxygen atoms in total. The predicted octanol–water partition coefficient (Wildman–Crippen LogP) is 5.06. The number of piperidine rings is 2. The fourth-order valence-electron chi connectivity index (χ4n) is 4.56. The molecule has 0 aliphatic carbocycles. The van der Waals surface area contributed by atoms with Crippen molar-refractivity contribution in [3.8, 4) is 0 Å². The van der Waals surface area contributed by atoms with Crippen LogP contribution in [0, 0.1) is 12.8 Å². The fraction of sp³-hybridized carbons (Fsp3) is 0.682. The molecule has 1 amide bonds. The SMILES string of the molecule is CCOC(=O)N1CCC(CN2CCC(c3cc(C(F)(F)F)ccc3C)CC2)CC1. The zero-order valence-corrected chi connectivity index (χ0v) is 17.3. The summed E-state index contributed by atoms with van der Waals surface area (Å²) in [5.41, 5.74) is 1.25. The number of amides is 1. The molecule has 2 saturated heterocycles. The van der Waals surface area contributed by atoms with Gasteiger partial charge in [-0.15, -0.1) is 0 Å². The van der Waals surface area contributed by atoms with Gasteiger partial charge in [0.2, 0.25) is 0 Å². The van der Waals surface area contributed by atoms with Gasteiger partial charge < -0.3 is 14.5 Å². The molecule has 0 atom stereocenters. The molecule has 2 heterocycles. The number of ether oxygens (including phenoxy) is 1. The first kappa shape index (κ1) is 21.9. The molecule has 0 unspecified atom stereocenters. The Morgan fingerprint density at radius 3 is 2.34 bits per heavy atom. The molecular formula is C22H31F3N2O2. The van der Waals surface area contributed by atoms with Crippen molar-refractivity contribution in [3.05, 3.63) is 34.9 Å². The quantitative estimate of drug-likeness (QED) is 0.693. The Morgan fingerprint density at radius 2 is 1.76 bits per heavy atom. The third kappa shape index (κ3) is 5.65. The third-order valence-electron chi connectivity index (χ3n) is 6.29. The zero-order valence-electron chi connectivity index (χ0n) is 17.3. The summed E-state index contributed by atoms with van der Waals surface area (Å²) in [5.74, 6) is 0.756. The lowest BCUT2D eigenvalue weighted by Gasteiger charge is -2.37. The van der Waals surface area contributed by atoms with Crippen molar-refractivity contribution < 1.29 is 22.7 Å². The van der Waals surface area contributed by atoms with Crippen LogP contribution in [0.25, 0.3) is 0 Å². The van der Waals surface area contributed by atoms with E-state index in [4.69, 9.17) is 4.74 Å². The van der Waals surface area contributed by atoms with Crippen molar-refractivity contribution >= 4 is 6.09 Å². The van der Waals surface area contributed by atoms with E-state index in [1.807, 2.05) is 13.8 Å². The highest BCUT2D eigenvalue weighted by Crippen LogP contribution is 2.36. The number of benzene rings is 1. The maximum atomic E-state index is 13.1. The standard InChI is InChI=1S/C22H31F3N2O2/c1-3-29-21(28)27-12-6-17(7-13-27)15-26-10-8-18(9-11-26)20-14-19(22(23,24)25)5-4-16(20)2/h4-5,14,17-18H,3,6-13,15H2,1-2H3. The van der Waals surface area contributed by atoms with Crippen molar-refractivity contribution in [2.75, 3.05) is 39.3 Å². The van der Waals surface area contributed by atoms with Crippen LogP contribution in [0.3, 0.4) is 0 Å². The minimum Gasteiger partial charge on any atom is -0.450 e. The monoisotopic (exact) mass is 412 g/mol. The van der Waals surface area contributed by atoms with Gasteiger partial charge in [-0.1, -0.05) is 6.07 Å². The van der Waals surface area contributed by atoms with Gasteiger partial charge in [0, 0.05) is 19.6 Å². The molecule has 29 heavy (non-hydrogen) atoms. The largest absolute Gasteiger partial charge is 0.450 e. The molecule has 0 spiro atoms. The molecule has 2 fully saturated rings. The number of rotatable bonds is 4. The second-order valence-corrected chi connectivity index (χ2v) is 8.27. The number of likely N-dealkylation sites (tertiary alicyclic amines) is 2. The predicted molar refractivity (Wildman–Crippen MR) is 106 cm³/mol. The summed E-state index contributed by atoms with van der Waals surface area (Å²) >= 11 is 0. The summed E-state index contributed by atoms with van der Waals surface area (Å²) in [6, 6.07) is 4.12. The summed E-state index contributed by atoms with van der Waals surface area (Å²) in [6.45, 7) is 8.43. The third-order valence-corrected chi connectivity index (χ3v) is 6.29. The Morgan fingerprint density at radius 1 is 1.10 bits per heavy atom. The van der Waals surface area contributed by atoms with Crippen molar-refractivity contribution in [1.82, 2.24) is 9.80 Å². The minimum atomic E-state index is -4.29. The average Bonchev–Trinajstić information content (AvgIpc) is 2.69. The highest BCUT2D eigenvalue weighted by atomic mass is 19.4. The van der Waals surface area contributed by atoms with E-state index in [-0.39, 0.29) is 12.0 Å². The Kier molecular flexibility index (Phi) is 7.09. The first-order valence-electron chi connectivity index (χ1n) is 10.6. The zero-order chi connectivity index (χ0) is 21.0. The molecule has 0 saturated carbocycles. The van der Waals surface area contributed by atoms with Gasteiger partial charge in [-0.3, -0.25) is 0 Å². The Hall–Kier alpha value is -1.76. The lowest BCUT2D eigenvalue weighted by molar-refractivity contribution is -0.137. The van der Waals surface area contributed by atoms with Crippen LogP contribution >= 0.6 is 0 Å². The van der Waals surface area contributed by atoms with Crippen LogP contribution < -0.4 is 0 Å². The number of carbonyl (C=O) groups is 1. The van der Waals surface area contributed by atoms with Crippen LogP contribution in [0.1, 0.15) is 55.2 Å². The van der Waals surface area contributed by atoms with Gasteiger partial charge in [-0.05, 0) is 87.7 Å². The van der Waals surface area contributed by atoms with Crippen LogP contribution in [0.5, 0.6) is 0 Å². The van der Waals surface area contributed by atoms with Gasteiger partial charge >= 0.3 is 12.3 Å². The van der Waals surface area contributed by atoms with Crippen molar-refractivity contribution in [2.24, 2.45) is 5.92 Å². The number of aryl methyl sites for hydroxylation is 1. The molecule has 2 aliphatic heterocycles. The molecule has 0 aromatic heterocycles. The van der Waals surface area contributed by atoms with Crippen molar-refractivity contribution in [2.45, 2.75) is 51.6 Å². The van der Waals surface area contributed by atoms with E-state index in [0.29, 0.717) is 12.5 Å². The minimum absolute atomic E-state index is 0.194. The van der Waals surface area contributed by atoms with Crippen LogP contribution in [0.2, 0.25) is 0 Å². The summed E-state index contributed by atoms with van der Waals surface area (Å²) < 4.78 is 44.3. The molecule has 0 radical (unpaired) electrons. The molecule has 0 bridgehead atoms. The van der Waals surface area contributed by atoms with E-state index in [1.165, 1.54) is 12.1 Å². The number of halogens is 3. The van der Waals surface area contributed by atoms with Crippen LogP contribution in [0.15, 0.2) is 18.2 Å². The van der Waals surface area contributed by atoms with Crippen LogP contribution in [-0.2, 0) is 10.9 Å². The average molecular weight is 412 g/mol. The molecule has 0 N–H and O–H groups in total. The first-order chi connectivity index (χ1) is 13.8. The van der Waals surface area contributed by atoms with E-state index < -0.39 is 11.7 Å². The van der Waals surface area contributed by atoms with Crippen LogP contribution in [-0.4, -0.2) is 55.2 Å². The van der Waals surface area contributed by atoms with Gasteiger partial charge in [0.15, 0.2) is 0 Å². The fourth-order valence-corrected chi connectivity index (χ4v) is 4.56. The number of nitrogens with zero attached hydrogens (tertiary/aromatic N) is 2. The van der Waals surface area contributed by atoms with E-state index in [9.17, 15) is 18.0 Å². The van der Waals surface area contributed by atoms with Crippen LogP contribution in [0.4, 0.5) is 18.0 Å². The van der Waals surface area contributed by atoms with Gasteiger partial charge in [-0.25, -0.2) is 4.79 Å². The second kappa shape index (κ2) is 9.37. The molecular weight excluding hydrogens is 381 g/mol. The lowest BCUT2D eigenvalue weighted by atomic mass is 9.85. The molecule has 162 valence electrons. The van der Waals surface area contributed by atoms with Crippen molar-refractivity contribution in [1.29, 1.82) is 0 Å².